The van der Waals surface area contributed by atoms with Gasteiger partial charge in [0.1, 0.15) is 5.76 Å². The van der Waals surface area contributed by atoms with E-state index in [-0.39, 0.29) is 0 Å². The van der Waals surface area contributed by atoms with Crippen LogP contribution in [-0.2, 0) is 6.42 Å². The van der Waals surface area contributed by atoms with E-state index in [2.05, 4.69) is 59.4 Å². The van der Waals surface area contributed by atoms with Crippen molar-refractivity contribution in [3.8, 4) is 0 Å². The number of hydrogen-bond acceptors (Lipinski definition) is 2. The molecule has 2 unspecified atom stereocenters. The molecular formula is C16H20BrNO. The van der Waals surface area contributed by atoms with Gasteiger partial charge in [-0.15, -0.1) is 0 Å². The topological polar surface area (TPSA) is 25.2 Å². The SMILES string of the molecule is CC(CCc1ccco1)NC(C)c1ccc(Br)cc1. The Morgan fingerprint density at radius 2 is 1.89 bits per heavy atom. The molecule has 2 atom stereocenters. The molecule has 0 bridgehead atoms. The molecule has 2 nitrogen and oxygen atoms in total. The van der Waals surface area contributed by atoms with Crippen LogP contribution in [0.1, 0.15) is 37.6 Å². The summed E-state index contributed by atoms with van der Waals surface area (Å²) in [7, 11) is 0. The monoisotopic (exact) mass is 321 g/mol. The maximum absolute atomic E-state index is 5.35. The van der Waals surface area contributed by atoms with Gasteiger partial charge in [0.2, 0.25) is 0 Å². The van der Waals surface area contributed by atoms with E-state index >= 15 is 0 Å². The second-order valence-electron chi connectivity index (χ2n) is 4.96. The Balaban J connectivity index is 1.81. The van der Waals surface area contributed by atoms with Gasteiger partial charge < -0.3 is 9.73 Å². The zero-order valence-corrected chi connectivity index (χ0v) is 13.0. The van der Waals surface area contributed by atoms with Crippen LogP contribution in [0, 0.1) is 0 Å². The Bertz CT molecular complexity index is 478. The Morgan fingerprint density at radius 1 is 1.16 bits per heavy atom. The van der Waals surface area contributed by atoms with Crippen molar-refractivity contribution >= 4 is 15.9 Å². The fourth-order valence-corrected chi connectivity index (χ4v) is 2.44. The first kappa shape index (κ1) is 14.4. The summed E-state index contributed by atoms with van der Waals surface area (Å²) in [5, 5.41) is 3.62. The van der Waals surface area contributed by atoms with Crippen LogP contribution in [-0.4, -0.2) is 6.04 Å². The zero-order chi connectivity index (χ0) is 13.7. The van der Waals surface area contributed by atoms with Crippen molar-refractivity contribution < 1.29 is 4.42 Å². The lowest BCUT2D eigenvalue weighted by molar-refractivity contribution is 0.430. The summed E-state index contributed by atoms with van der Waals surface area (Å²) < 4.78 is 6.47. The van der Waals surface area contributed by atoms with Crippen LogP contribution in [0.25, 0.3) is 0 Å². The standard InChI is InChI=1S/C16H20BrNO/c1-12(5-10-16-4-3-11-19-16)18-13(2)14-6-8-15(17)9-7-14/h3-4,6-9,11-13,18H,5,10H2,1-2H3. The zero-order valence-electron chi connectivity index (χ0n) is 11.4. The lowest BCUT2D eigenvalue weighted by atomic mass is 10.1. The number of nitrogens with one attached hydrogen (secondary N) is 1. The van der Waals surface area contributed by atoms with Crippen LogP contribution in [0.2, 0.25) is 0 Å². The summed E-state index contributed by atoms with van der Waals surface area (Å²) in [4.78, 5) is 0. The van der Waals surface area contributed by atoms with E-state index < -0.39 is 0 Å². The van der Waals surface area contributed by atoms with E-state index in [1.165, 1.54) is 5.56 Å². The van der Waals surface area contributed by atoms with Gasteiger partial charge in [-0.25, -0.2) is 0 Å². The summed E-state index contributed by atoms with van der Waals surface area (Å²) in [5.74, 6) is 1.06. The highest BCUT2D eigenvalue weighted by atomic mass is 79.9. The van der Waals surface area contributed by atoms with Gasteiger partial charge in [0.15, 0.2) is 0 Å². The normalized spacial score (nSPS) is 14.3. The molecule has 2 aromatic rings. The molecule has 0 aliphatic rings. The molecule has 1 N–H and O–H groups in total. The van der Waals surface area contributed by atoms with Crippen molar-refractivity contribution in [1.82, 2.24) is 5.32 Å². The Hall–Kier alpha value is -1.06. The first-order valence-corrected chi connectivity index (χ1v) is 7.48. The number of benzene rings is 1. The highest BCUT2D eigenvalue weighted by Crippen LogP contribution is 2.17. The molecule has 0 aliphatic carbocycles. The Kier molecular flexibility index (Phi) is 5.23. The molecule has 102 valence electrons. The third-order valence-corrected chi connectivity index (χ3v) is 3.84. The van der Waals surface area contributed by atoms with Crippen molar-refractivity contribution in [2.45, 2.75) is 38.8 Å². The molecule has 0 radical (unpaired) electrons. The van der Waals surface area contributed by atoms with Crippen molar-refractivity contribution in [1.29, 1.82) is 0 Å². The molecule has 0 aliphatic heterocycles. The fraction of sp³-hybridized carbons (Fsp3) is 0.375. The number of rotatable bonds is 6. The van der Waals surface area contributed by atoms with E-state index in [1.54, 1.807) is 6.26 Å². The maximum Gasteiger partial charge on any atom is 0.103 e. The van der Waals surface area contributed by atoms with Crippen molar-refractivity contribution in [2.75, 3.05) is 0 Å². The van der Waals surface area contributed by atoms with Crippen LogP contribution >= 0.6 is 15.9 Å². The molecule has 0 amide bonds. The van der Waals surface area contributed by atoms with E-state index in [9.17, 15) is 0 Å². The minimum Gasteiger partial charge on any atom is -0.469 e. The molecule has 0 saturated carbocycles. The fourth-order valence-electron chi connectivity index (χ4n) is 2.17. The van der Waals surface area contributed by atoms with Crippen molar-refractivity contribution in [3.05, 3.63) is 58.5 Å². The van der Waals surface area contributed by atoms with E-state index in [4.69, 9.17) is 4.42 Å². The van der Waals surface area contributed by atoms with Crippen LogP contribution in [0.4, 0.5) is 0 Å². The first-order chi connectivity index (χ1) is 9.15. The highest BCUT2D eigenvalue weighted by Gasteiger charge is 2.10. The lowest BCUT2D eigenvalue weighted by Gasteiger charge is -2.20. The molecule has 19 heavy (non-hydrogen) atoms. The van der Waals surface area contributed by atoms with E-state index in [0.717, 1.165) is 23.1 Å². The van der Waals surface area contributed by atoms with Crippen LogP contribution in [0.5, 0.6) is 0 Å². The molecule has 2 rings (SSSR count). The summed E-state index contributed by atoms with van der Waals surface area (Å²) in [6.45, 7) is 4.42. The highest BCUT2D eigenvalue weighted by molar-refractivity contribution is 9.10. The van der Waals surface area contributed by atoms with Gasteiger partial charge in [-0.2, -0.15) is 0 Å². The maximum atomic E-state index is 5.35. The third kappa shape index (κ3) is 4.51. The second-order valence-corrected chi connectivity index (χ2v) is 5.87. The van der Waals surface area contributed by atoms with Crippen LogP contribution in [0.3, 0.4) is 0 Å². The molecule has 0 saturated heterocycles. The Morgan fingerprint density at radius 3 is 2.53 bits per heavy atom. The summed E-state index contributed by atoms with van der Waals surface area (Å²) in [6.07, 6.45) is 3.79. The summed E-state index contributed by atoms with van der Waals surface area (Å²) >= 11 is 3.46. The van der Waals surface area contributed by atoms with E-state index in [0.29, 0.717) is 12.1 Å². The minimum atomic E-state index is 0.361. The summed E-state index contributed by atoms with van der Waals surface area (Å²) in [6, 6.07) is 13.3. The van der Waals surface area contributed by atoms with Gasteiger partial charge in [0.05, 0.1) is 6.26 Å². The molecule has 1 aromatic carbocycles. The average Bonchev–Trinajstić information content (AvgIpc) is 2.90. The number of halogens is 1. The second kappa shape index (κ2) is 6.92. The first-order valence-electron chi connectivity index (χ1n) is 6.69. The molecular weight excluding hydrogens is 302 g/mol. The minimum absolute atomic E-state index is 0.361. The van der Waals surface area contributed by atoms with Crippen molar-refractivity contribution in [3.63, 3.8) is 0 Å². The molecule has 0 spiro atoms. The number of hydrogen-bond donors (Lipinski definition) is 1. The van der Waals surface area contributed by atoms with Gasteiger partial charge in [-0.3, -0.25) is 0 Å². The van der Waals surface area contributed by atoms with Gasteiger partial charge >= 0.3 is 0 Å². The van der Waals surface area contributed by atoms with E-state index in [1.807, 2.05) is 12.1 Å². The summed E-state index contributed by atoms with van der Waals surface area (Å²) in [5.41, 5.74) is 1.31. The van der Waals surface area contributed by atoms with Crippen LogP contribution in [0.15, 0.2) is 51.6 Å². The predicted octanol–water partition coefficient (Wildman–Crippen LogP) is 4.71. The molecule has 1 heterocycles. The van der Waals surface area contributed by atoms with Gasteiger partial charge in [-0.05, 0) is 50.1 Å². The Labute approximate surface area is 123 Å². The molecule has 3 heteroatoms. The van der Waals surface area contributed by atoms with Gasteiger partial charge in [-0.1, -0.05) is 28.1 Å². The predicted molar refractivity (Wildman–Crippen MR) is 82.2 cm³/mol. The van der Waals surface area contributed by atoms with Gasteiger partial charge in [0, 0.05) is 23.0 Å². The smallest absolute Gasteiger partial charge is 0.103 e. The third-order valence-electron chi connectivity index (χ3n) is 3.31. The number of furan rings is 1. The average molecular weight is 322 g/mol. The quantitative estimate of drug-likeness (QED) is 0.833. The van der Waals surface area contributed by atoms with Crippen molar-refractivity contribution in [2.24, 2.45) is 0 Å². The molecule has 0 fully saturated rings. The number of aryl methyl sites for hydroxylation is 1. The molecule has 1 aromatic heterocycles. The largest absolute Gasteiger partial charge is 0.469 e. The lowest BCUT2D eigenvalue weighted by Crippen LogP contribution is -2.29. The van der Waals surface area contributed by atoms with Crippen LogP contribution < -0.4 is 5.32 Å². The van der Waals surface area contributed by atoms with Gasteiger partial charge in [0.25, 0.3) is 0 Å².